The number of furan rings is 1. The van der Waals surface area contributed by atoms with E-state index in [1.165, 1.54) is 23.4 Å². The zero-order chi connectivity index (χ0) is 17.5. The van der Waals surface area contributed by atoms with Crippen LogP contribution in [-0.4, -0.2) is 59.4 Å². The van der Waals surface area contributed by atoms with Crippen molar-refractivity contribution in [2.75, 3.05) is 26.2 Å². The molecule has 2 rings (SSSR count). The first kappa shape index (κ1) is 17.9. The van der Waals surface area contributed by atoms with Crippen LogP contribution in [0.5, 0.6) is 0 Å². The lowest BCUT2D eigenvalue weighted by Crippen LogP contribution is -2.35. The van der Waals surface area contributed by atoms with Gasteiger partial charge in [-0.1, -0.05) is 13.8 Å². The fourth-order valence-corrected chi connectivity index (χ4v) is 2.55. The van der Waals surface area contributed by atoms with Crippen LogP contribution in [0.2, 0.25) is 0 Å². The molecule has 1 amide bonds. The van der Waals surface area contributed by atoms with Crippen LogP contribution in [-0.2, 0) is 4.74 Å². The highest BCUT2D eigenvalue weighted by atomic mass is 16.6. The van der Waals surface area contributed by atoms with E-state index in [4.69, 9.17) is 9.15 Å². The van der Waals surface area contributed by atoms with Crippen molar-refractivity contribution in [3.8, 4) is 0 Å². The van der Waals surface area contributed by atoms with Crippen molar-refractivity contribution in [3.05, 3.63) is 28.0 Å². The molecule has 132 valence electrons. The standard InChI is InChI=1S/C15H22N4O5/c1-3-7-17(8-4-2)10-13-11-18(15(20)24-13)16-9-12-5-6-14(23-12)19(21)22/h5-6,9,13H,3-4,7-8,10-11H2,1-2H3/b16-9+. The summed E-state index contributed by atoms with van der Waals surface area (Å²) in [5.41, 5.74) is 0. The van der Waals surface area contributed by atoms with Crippen LogP contribution >= 0.6 is 0 Å². The normalized spacial score (nSPS) is 17.9. The number of nitrogens with zero attached hydrogens (tertiary/aromatic N) is 4. The van der Waals surface area contributed by atoms with Crippen LogP contribution in [0.1, 0.15) is 32.4 Å². The van der Waals surface area contributed by atoms with Crippen molar-refractivity contribution in [2.45, 2.75) is 32.8 Å². The van der Waals surface area contributed by atoms with Crippen LogP contribution in [0.25, 0.3) is 0 Å². The Kier molecular flexibility index (Phi) is 6.30. The van der Waals surface area contributed by atoms with Gasteiger partial charge in [0.2, 0.25) is 0 Å². The van der Waals surface area contributed by atoms with Gasteiger partial charge in [0.25, 0.3) is 0 Å². The minimum Gasteiger partial charge on any atom is -0.441 e. The molecule has 1 fully saturated rings. The Labute approximate surface area is 140 Å². The number of hydrazone groups is 1. The molecule has 9 heteroatoms. The Hall–Kier alpha value is -2.42. The second kappa shape index (κ2) is 8.44. The van der Waals surface area contributed by atoms with Crippen LogP contribution in [0.4, 0.5) is 10.7 Å². The third-order valence-corrected chi connectivity index (χ3v) is 3.51. The number of hydrogen-bond acceptors (Lipinski definition) is 7. The van der Waals surface area contributed by atoms with E-state index in [-0.39, 0.29) is 17.7 Å². The quantitative estimate of drug-likeness (QED) is 0.389. The molecular weight excluding hydrogens is 316 g/mol. The van der Waals surface area contributed by atoms with Crippen LogP contribution in [0.3, 0.4) is 0 Å². The van der Waals surface area contributed by atoms with Crippen LogP contribution in [0, 0.1) is 10.1 Å². The summed E-state index contributed by atoms with van der Waals surface area (Å²) in [7, 11) is 0. The first-order chi connectivity index (χ1) is 11.5. The first-order valence-corrected chi connectivity index (χ1v) is 8.02. The first-order valence-electron chi connectivity index (χ1n) is 8.02. The SMILES string of the molecule is CCCN(CCC)CC1CN(/N=C/c2ccc([N+](=O)[O-])o2)C(=O)O1. The molecule has 9 nitrogen and oxygen atoms in total. The summed E-state index contributed by atoms with van der Waals surface area (Å²) in [6.45, 7) is 7.17. The smallest absolute Gasteiger partial charge is 0.433 e. The summed E-state index contributed by atoms with van der Waals surface area (Å²) in [6, 6.07) is 2.66. The number of rotatable bonds is 9. The van der Waals surface area contributed by atoms with E-state index in [9.17, 15) is 14.9 Å². The number of ether oxygens (including phenoxy) is 1. The molecule has 2 heterocycles. The molecule has 1 aromatic heterocycles. The van der Waals surface area contributed by atoms with Gasteiger partial charge in [-0.05, 0) is 32.0 Å². The monoisotopic (exact) mass is 338 g/mol. The van der Waals surface area contributed by atoms with Gasteiger partial charge in [0.1, 0.15) is 11.0 Å². The molecule has 24 heavy (non-hydrogen) atoms. The van der Waals surface area contributed by atoms with Gasteiger partial charge in [0, 0.05) is 6.54 Å². The van der Waals surface area contributed by atoms with E-state index >= 15 is 0 Å². The summed E-state index contributed by atoms with van der Waals surface area (Å²) >= 11 is 0. The molecule has 0 aromatic carbocycles. The summed E-state index contributed by atoms with van der Waals surface area (Å²) in [6.07, 6.45) is 2.59. The van der Waals surface area contributed by atoms with Crippen molar-refractivity contribution in [1.82, 2.24) is 9.91 Å². The maximum atomic E-state index is 11.8. The number of nitro groups is 1. The maximum Gasteiger partial charge on any atom is 0.433 e. The molecule has 1 atom stereocenters. The van der Waals surface area contributed by atoms with E-state index in [0.29, 0.717) is 13.1 Å². The number of amides is 1. The third-order valence-electron chi connectivity index (χ3n) is 3.51. The molecule has 0 bridgehead atoms. The van der Waals surface area contributed by atoms with Crippen molar-refractivity contribution in [2.24, 2.45) is 5.10 Å². The van der Waals surface area contributed by atoms with E-state index in [2.05, 4.69) is 23.8 Å². The van der Waals surface area contributed by atoms with E-state index in [1.807, 2.05) is 0 Å². The maximum absolute atomic E-state index is 11.8. The molecule has 1 aromatic rings. The molecule has 0 aliphatic carbocycles. The summed E-state index contributed by atoms with van der Waals surface area (Å²) < 4.78 is 10.3. The Morgan fingerprint density at radius 3 is 2.71 bits per heavy atom. The lowest BCUT2D eigenvalue weighted by atomic mass is 10.3. The Morgan fingerprint density at radius 1 is 1.42 bits per heavy atom. The van der Waals surface area contributed by atoms with Gasteiger partial charge in [-0.25, -0.2) is 4.79 Å². The predicted octanol–water partition coefficient (Wildman–Crippen LogP) is 2.46. The van der Waals surface area contributed by atoms with Crippen LogP contribution in [0.15, 0.2) is 21.7 Å². The largest absolute Gasteiger partial charge is 0.441 e. The highest BCUT2D eigenvalue weighted by Crippen LogP contribution is 2.16. The highest BCUT2D eigenvalue weighted by molar-refractivity contribution is 5.78. The van der Waals surface area contributed by atoms with Gasteiger partial charge >= 0.3 is 12.0 Å². The van der Waals surface area contributed by atoms with Crippen LogP contribution < -0.4 is 0 Å². The topological polar surface area (TPSA) is 101 Å². The van der Waals surface area contributed by atoms with Gasteiger partial charge in [-0.2, -0.15) is 10.1 Å². The second-order valence-electron chi connectivity index (χ2n) is 5.57. The van der Waals surface area contributed by atoms with Crippen molar-refractivity contribution in [1.29, 1.82) is 0 Å². The summed E-state index contributed by atoms with van der Waals surface area (Å²) in [5, 5.41) is 15.8. The lowest BCUT2D eigenvalue weighted by Gasteiger charge is -2.23. The number of hydrogen-bond donors (Lipinski definition) is 0. The van der Waals surface area contributed by atoms with Gasteiger partial charge in [0.05, 0.1) is 18.8 Å². The molecule has 1 aliphatic rings. The van der Waals surface area contributed by atoms with Gasteiger partial charge in [0.15, 0.2) is 5.76 Å². The molecule has 1 saturated heterocycles. The molecule has 0 radical (unpaired) electrons. The fourth-order valence-electron chi connectivity index (χ4n) is 2.55. The van der Waals surface area contributed by atoms with Crippen molar-refractivity contribution >= 4 is 18.2 Å². The minimum atomic E-state index is -0.631. The number of cyclic esters (lactones) is 1. The molecule has 1 aliphatic heterocycles. The number of carbonyl (C=O) groups is 1. The molecule has 0 N–H and O–H groups in total. The third kappa shape index (κ3) is 4.79. The lowest BCUT2D eigenvalue weighted by molar-refractivity contribution is -0.402. The molecule has 1 unspecified atom stereocenters. The van der Waals surface area contributed by atoms with Crippen molar-refractivity contribution in [3.63, 3.8) is 0 Å². The zero-order valence-corrected chi connectivity index (χ0v) is 13.9. The zero-order valence-electron chi connectivity index (χ0n) is 13.9. The molecule has 0 saturated carbocycles. The average Bonchev–Trinajstić information content (AvgIpc) is 3.13. The molecular formula is C15H22N4O5. The summed E-state index contributed by atoms with van der Waals surface area (Å²) in [4.78, 5) is 24.0. The fraction of sp³-hybridized carbons (Fsp3) is 0.600. The summed E-state index contributed by atoms with van der Waals surface area (Å²) in [5.74, 6) is -0.162. The average molecular weight is 338 g/mol. The predicted molar refractivity (Wildman–Crippen MR) is 87.0 cm³/mol. The number of carbonyl (C=O) groups excluding carboxylic acids is 1. The molecule has 0 spiro atoms. The van der Waals surface area contributed by atoms with Gasteiger partial charge in [-0.15, -0.1) is 0 Å². The highest BCUT2D eigenvalue weighted by Gasteiger charge is 2.32. The van der Waals surface area contributed by atoms with E-state index in [0.717, 1.165) is 25.9 Å². The van der Waals surface area contributed by atoms with Gasteiger partial charge < -0.3 is 9.15 Å². The van der Waals surface area contributed by atoms with E-state index < -0.39 is 11.0 Å². The Bertz CT molecular complexity index is 594. The Morgan fingerprint density at radius 2 is 2.12 bits per heavy atom. The van der Waals surface area contributed by atoms with E-state index in [1.54, 1.807) is 0 Å². The second-order valence-corrected chi connectivity index (χ2v) is 5.57. The minimum absolute atomic E-state index is 0.205. The van der Waals surface area contributed by atoms with Gasteiger partial charge in [-0.3, -0.25) is 15.0 Å². The van der Waals surface area contributed by atoms with Crippen molar-refractivity contribution < 1.29 is 18.9 Å². The Balaban J connectivity index is 1.91.